The molecule has 94 valence electrons. The van der Waals surface area contributed by atoms with Crippen LogP contribution < -0.4 is 15.4 Å². The van der Waals surface area contributed by atoms with Gasteiger partial charge in [-0.3, -0.25) is 0 Å². The van der Waals surface area contributed by atoms with Gasteiger partial charge in [-0.1, -0.05) is 11.6 Å². The molecule has 2 rings (SSSR count). The molecule has 0 saturated carbocycles. The molecule has 1 unspecified atom stereocenters. The van der Waals surface area contributed by atoms with E-state index in [-0.39, 0.29) is 0 Å². The Kier molecular flexibility index (Phi) is 4.51. The van der Waals surface area contributed by atoms with Crippen molar-refractivity contribution in [3.05, 3.63) is 23.2 Å². The Labute approximate surface area is 107 Å². The Hall–Kier alpha value is -0.930. The molecule has 1 saturated heterocycles. The van der Waals surface area contributed by atoms with Crippen LogP contribution in [0.15, 0.2) is 18.2 Å². The molecule has 1 atom stereocenters. The molecule has 1 heterocycles. The Balaban J connectivity index is 2.07. The van der Waals surface area contributed by atoms with Crippen molar-refractivity contribution in [1.82, 2.24) is 5.32 Å². The number of ether oxygens (including phenoxy) is 1. The summed E-state index contributed by atoms with van der Waals surface area (Å²) >= 11 is 6.02. The molecule has 0 aliphatic carbocycles. The van der Waals surface area contributed by atoms with Gasteiger partial charge >= 0.3 is 0 Å². The molecule has 17 heavy (non-hydrogen) atoms. The van der Waals surface area contributed by atoms with Crippen molar-refractivity contribution < 1.29 is 4.74 Å². The zero-order chi connectivity index (χ0) is 12.1. The van der Waals surface area contributed by atoms with E-state index in [0.717, 1.165) is 36.0 Å². The van der Waals surface area contributed by atoms with Crippen LogP contribution in [0, 0.1) is 0 Å². The minimum Gasteiger partial charge on any atom is -0.495 e. The lowest BCUT2D eigenvalue weighted by atomic mass is 10.1. The number of methoxy groups -OCH3 is 1. The van der Waals surface area contributed by atoms with Crippen LogP contribution in [0.4, 0.5) is 5.69 Å². The molecule has 3 nitrogen and oxygen atoms in total. The molecular formula is C13H19ClN2O. The highest BCUT2D eigenvalue weighted by Gasteiger charge is 2.13. The summed E-state index contributed by atoms with van der Waals surface area (Å²) in [5, 5.41) is 7.67. The summed E-state index contributed by atoms with van der Waals surface area (Å²) in [6, 6.07) is 6.18. The van der Waals surface area contributed by atoms with E-state index < -0.39 is 0 Å². The standard InChI is InChI=1S/C13H19ClN2O/c1-17-13-5-4-10(14)9-12(13)16-11-3-2-7-15-8-6-11/h4-5,9,11,15-16H,2-3,6-8H2,1H3. The summed E-state index contributed by atoms with van der Waals surface area (Å²) in [4.78, 5) is 0. The number of benzene rings is 1. The molecule has 0 spiro atoms. The lowest BCUT2D eigenvalue weighted by Crippen LogP contribution is -2.21. The van der Waals surface area contributed by atoms with Crippen LogP contribution in [0.3, 0.4) is 0 Å². The van der Waals surface area contributed by atoms with Crippen LogP contribution >= 0.6 is 11.6 Å². The van der Waals surface area contributed by atoms with Crippen molar-refractivity contribution in [2.24, 2.45) is 0 Å². The van der Waals surface area contributed by atoms with E-state index in [2.05, 4.69) is 10.6 Å². The predicted molar refractivity (Wildman–Crippen MR) is 72.1 cm³/mol. The molecule has 2 N–H and O–H groups in total. The van der Waals surface area contributed by atoms with Crippen molar-refractivity contribution >= 4 is 17.3 Å². The summed E-state index contributed by atoms with van der Waals surface area (Å²) in [6.45, 7) is 2.19. The molecular weight excluding hydrogens is 236 g/mol. The van der Waals surface area contributed by atoms with E-state index in [4.69, 9.17) is 16.3 Å². The zero-order valence-electron chi connectivity index (χ0n) is 10.1. The average Bonchev–Trinajstić information content (AvgIpc) is 2.58. The molecule has 0 bridgehead atoms. The third-order valence-electron chi connectivity index (χ3n) is 3.10. The monoisotopic (exact) mass is 254 g/mol. The Morgan fingerprint density at radius 3 is 3.06 bits per heavy atom. The van der Waals surface area contributed by atoms with Crippen LogP contribution in [0.2, 0.25) is 5.02 Å². The van der Waals surface area contributed by atoms with Gasteiger partial charge in [0.15, 0.2) is 0 Å². The first-order valence-electron chi connectivity index (χ1n) is 6.10. The third kappa shape index (κ3) is 3.51. The predicted octanol–water partition coefficient (Wildman–Crippen LogP) is 2.90. The maximum Gasteiger partial charge on any atom is 0.142 e. The number of nitrogens with one attached hydrogen (secondary N) is 2. The average molecular weight is 255 g/mol. The van der Waals surface area contributed by atoms with Crippen molar-refractivity contribution in [2.75, 3.05) is 25.5 Å². The molecule has 1 aromatic rings. The van der Waals surface area contributed by atoms with Gasteiger partial charge in [-0.2, -0.15) is 0 Å². The fraction of sp³-hybridized carbons (Fsp3) is 0.538. The first-order chi connectivity index (χ1) is 8.29. The van der Waals surface area contributed by atoms with Gasteiger partial charge < -0.3 is 15.4 Å². The van der Waals surface area contributed by atoms with Crippen LogP contribution in [0.25, 0.3) is 0 Å². The van der Waals surface area contributed by atoms with Gasteiger partial charge in [0.1, 0.15) is 5.75 Å². The molecule has 1 aromatic carbocycles. The molecule has 0 radical (unpaired) electrons. The van der Waals surface area contributed by atoms with Crippen molar-refractivity contribution in [3.8, 4) is 5.75 Å². The van der Waals surface area contributed by atoms with Crippen LogP contribution in [0.5, 0.6) is 5.75 Å². The van der Waals surface area contributed by atoms with Crippen LogP contribution in [-0.2, 0) is 0 Å². The lowest BCUT2D eigenvalue weighted by molar-refractivity contribution is 0.415. The Bertz CT molecular complexity index is 362. The minimum absolute atomic E-state index is 0.498. The summed E-state index contributed by atoms with van der Waals surface area (Å²) in [7, 11) is 1.68. The van der Waals surface area contributed by atoms with Crippen molar-refractivity contribution in [3.63, 3.8) is 0 Å². The molecule has 4 heteroatoms. The van der Waals surface area contributed by atoms with E-state index in [9.17, 15) is 0 Å². The normalized spacial score (nSPS) is 20.7. The summed E-state index contributed by atoms with van der Waals surface area (Å²) < 4.78 is 5.34. The second-order valence-corrected chi connectivity index (χ2v) is 4.80. The molecule has 0 aromatic heterocycles. The molecule has 1 aliphatic rings. The number of hydrogen-bond donors (Lipinski definition) is 2. The Morgan fingerprint density at radius 1 is 1.35 bits per heavy atom. The fourth-order valence-corrected chi connectivity index (χ4v) is 2.35. The molecule has 1 aliphatic heterocycles. The van der Waals surface area contributed by atoms with Gasteiger partial charge in [0.2, 0.25) is 0 Å². The highest BCUT2D eigenvalue weighted by atomic mass is 35.5. The fourth-order valence-electron chi connectivity index (χ4n) is 2.18. The second kappa shape index (κ2) is 6.12. The maximum absolute atomic E-state index is 6.02. The molecule has 1 fully saturated rings. The van der Waals surface area contributed by atoms with Gasteiger partial charge in [0.25, 0.3) is 0 Å². The molecule has 0 amide bonds. The SMILES string of the molecule is COc1ccc(Cl)cc1NC1CCCNCC1. The first kappa shape index (κ1) is 12.5. The summed E-state index contributed by atoms with van der Waals surface area (Å²) in [6.07, 6.45) is 3.53. The zero-order valence-corrected chi connectivity index (χ0v) is 10.9. The van der Waals surface area contributed by atoms with E-state index in [1.54, 1.807) is 7.11 Å². The van der Waals surface area contributed by atoms with E-state index in [0.29, 0.717) is 6.04 Å². The summed E-state index contributed by atoms with van der Waals surface area (Å²) in [5.74, 6) is 0.853. The number of anilines is 1. The highest BCUT2D eigenvalue weighted by molar-refractivity contribution is 6.30. The summed E-state index contributed by atoms with van der Waals surface area (Å²) in [5.41, 5.74) is 0.993. The third-order valence-corrected chi connectivity index (χ3v) is 3.33. The maximum atomic E-state index is 6.02. The van der Waals surface area contributed by atoms with Gasteiger partial charge in [0.05, 0.1) is 12.8 Å². The van der Waals surface area contributed by atoms with Gasteiger partial charge in [-0.05, 0) is 50.6 Å². The van der Waals surface area contributed by atoms with Crippen LogP contribution in [-0.4, -0.2) is 26.2 Å². The highest BCUT2D eigenvalue weighted by Crippen LogP contribution is 2.29. The van der Waals surface area contributed by atoms with Crippen LogP contribution in [0.1, 0.15) is 19.3 Å². The Morgan fingerprint density at radius 2 is 2.24 bits per heavy atom. The van der Waals surface area contributed by atoms with E-state index in [1.165, 1.54) is 12.8 Å². The number of halogens is 1. The number of rotatable bonds is 3. The second-order valence-electron chi connectivity index (χ2n) is 4.37. The van der Waals surface area contributed by atoms with Gasteiger partial charge in [-0.25, -0.2) is 0 Å². The largest absolute Gasteiger partial charge is 0.495 e. The topological polar surface area (TPSA) is 33.3 Å². The minimum atomic E-state index is 0.498. The van der Waals surface area contributed by atoms with Gasteiger partial charge in [0, 0.05) is 11.1 Å². The van der Waals surface area contributed by atoms with Crippen molar-refractivity contribution in [2.45, 2.75) is 25.3 Å². The van der Waals surface area contributed by atoms with E-state index in [1.807, 2.05) is 18.2 Å². The lowest BCUT2D eigenvalue weighted by Gasteiger charge is -2.19. The van der Waals surface area contributed by atoms with Crippen molar-refractivity contribution in [1.29, 1.82) is 0 Å². The quantitative estimate of drug-likeness (QED) is 0.870. The first-order valence-corrected chi connectivity index (χ1v) is 6.48. The number of hydrogen-bond acceptors (Lipinski definition) is 3. The van der Waals surface area contributed by atoms with Gasteiger partial charge in [-0.15, -0.1) is 0 Å². The van der Waals surface area contributed by atoms with E-state index >= 15 is 0 Å². The smallest absolute Gasteiger partial charge is 0.142 e.